The molecule has 0 aromatic heterocycles. The fraction of sp³-hybridized carbons (Fsp3) is 0.417. The zero-order valence-corrected chi connectivity index (χ0v) is 9.31. The van der Waals surface area contributed by atoms with E-state index < -0.39 is 0 Å². The number of cyclic esters (lactones) is 1. The molecule has 2 atom stereocenters. The van der Waals surface area contributed by atoms with E-state index in [0.717, 1.165) is 5.56 Å². The zero-order valence-electron chi connectivity index (χ0n) is 9.31. The van der Waals surface area contributed by atoms with E-state index in [2.05, 4.69) is 0 Å². The van der Waals surface area contributed by atoms with Crippen molar-refractivity contribution in [3.63, 3.8) is 0 Å². The van der Waals surface area contributed by atoms with Gasteiger partial charge in [-0.15, -0.1) is 0 Å². The molecule has 1 fully saturated rings. The number of hydrogen-bond acceptors (Lipinski definition) is 2. The standard InChI is InChI=1S/C12H14FNO2/c1-8-9(2)16-12(15)14(8)7-10-4-3-5-11(13)6-10/h3-6,8-9H,7H2,1-2H3/t8-,9-/m1/s1. The lowest BCUT2D eigenvalue weighted by molar-refractivity contribution is 0.137. The van der Waals surface area contributed by atoms with E-state index in [1.54, 1.807) is 17.0 Å². The molecule has 3 nitrogen and oxygen atoms in total. The number of nitrogens with zero attached hydrogens (tertiary/aromatic N) is 1. The van der Waals surface area contributed by atoms with Gasteiger partial charge in [-0.25, -0.2) is 9.18 Å². The second-order valence-corrected chi connectivity index (χ2v) is 4.09. The highest BCUT2D eigenvalue weighted by Crippen LogP contribution is 2.21. The van der Waals surface area contributed by atoms with E-state index in [0.29, 0.717) is 6.54 Å². The number of carbonyl (C=O) groups is 1. The summed E-state index contributed by atoms with van der Waals surface area (Å²) in [5, 5.41) is 0. The largest absolute Gasteiger partial charge is 0.444 e. The first-order valence-corrected chi connectivity index (χ1v) is 5.29. The van der Waals surface area contributed by atoms with Gasteiger partial charge in [-0.3, -0.25) is 4.90 Å². The molecule has 0 radical (unpaired) electrons. The van der Waals surface area contributed by atoms with Gasteiger partial charge < -0.3 is 4.74 Å². The molecule has 1 aliphatic rings. The quantitative estimate of drug-likeness (QED) is 0.771. The Balaban J connectivity index is 2.13. The second kappa shape index (κ2) is 4.12. The third kappa shape index (κ3) is 2.01. The maximum absolute atomic E-state index is 13.0. The Kier molecular flexibility index (Phi) is 2.81. The van der Waals surface area contributed by atoms with Crippen LogP contribution in [0.2, 0.25) is 0 Å². The minimum Gasteiger partial charge on any atom is -0.444 e. The molecule has 0 aliphatic carbocycles. The van der Waals surface area contributed by atoms with E-state index in [1.165, 1.54) is 12.1 Å². The number of carbonyl (C=O) groups excluding carboxylic acids is 1. The van der Waals surface area contributed by atoms with Crippen molar-refractivity contribution in [2.75, 3.05) is 0 Å². The van der Waals surface area contributed by atoms with Crippen molar-refractivity contribution in [1.29, 1.82) is 0 Å². The number of rotatable bonds is 2. The van der Waals surface area contributed by atoms with Crippen LogP contribution in [0.4, 0.5) is 9.18 Å². The Morgan fingerprint density at radius 2 is 2.19 bits per heavy atom. The van der Waals surface area contributed by atoms with Crippen LogP contribution in [-0.4, -0.2) is 23.1 Å². The fourth-order valence-electron chi connectivity index (χ4n) is 1.79. The molecule has 86 valence electrons. The first-order chi connectivity index (χ1) is 7.58. The molecule has 4 heteroatoms. The lowest BCUT2D eigenvalue weighted by Crippen LogP contribution is -2.32. The second-order valence-electron chi connectivity index (χ2n) is 4.09. The maximum Gasteiger partial charge on any atom is 0.410 e. The SMILES string of the molecule is C[C@@H]1[C@@H](C)OC(=O)N1Cc1cccc(F)c1. The molecular formula is C12H14FNO2. The molecule has 1 saturated heterocycles. The van der Waals surface area contributed by atoms with Crippen molar-refractivity contribution in [3.8, 4) is 0 Å². The number of hydrogen-bond donors (Lipinski definition) is 0. The van der Waals surface area contributed by atoms with Gasteiger partial charge in [0.05, 0.1) is 6.04 Å². The molecule has 0 N–H and O–H groups in total. The van der Waals surface area contributed by atoms with E-state index in [-0.39, 0.29) is 24.1 Å². The zero-order chi connectivity index (χ0) is 11.7. The van der Waals surface area contributed by atoms with Crippen LogP contribution in [0.3, 0.4) is 0 Å². The molecule has 0 bridgehead atoms. The number of amides is 1. The van der Waals surface area contributed by atoms with Gasteiger partial charge in [0.2, 0.25) is 0 Å². The highest BCUT2D eigenvalue weighted by atomic mass is 19.1. The smallest absolute Gasteiger partial charge is 0.410 e. The van der Waals surface area contributed by atoms with Crippen molar-refractivity contribution >= 4 is 6.09 Å². The van der Waals surface area contributed by atoms with Gasteiger partial charge in [0, 0.05) is 6.54 Å². The lowest BCUT2D eigenvalue weighted by Gasteiger charge is -2.19. The van der Waals surface area contributed by atoms with Crippen LogP contribution in [-0.2, 0) is 11.3 Å². The van der Waals surface area contributed by atoms with Crippen molar-refractivity contribution in [3.05, 3.63) is 35.6 Å². The third-order valence-electron chi connectivity index (χ3n) is 2.93. The van der Waals surface area contributed by atoms with E-state index in [4.69, 9.17) is 4.74 Å². The van der Waals surface area contributed by atoms with Gasteiger partial charge in [0.25, 0.3) is 0 Å². The maximum atomic E-state index is 13.0. The van der Waals surface area contributed by atoms with Crippen LogP contribution in [0.5, 0.6) is 0 Å². The Bertz CT molecular complexity index is 408. The summed E-state index contributed by atoms with van der Waals surface area (Å²) >= 11 is 0. The molecule has 1 aromatic rings. The molecule has 0 spiro atoms. The van der Waals surface area contributed by atoms with E-state index in [9.17, 15) is 9.18 Å². The average Bonchev–Trinajstić information content (AvgIpc) is 2.45. The van der Waals surface area contributed by atoms with Gasteiger partial charge in [0.1, 0.15) is 11.9 Å². The molecule has 0 unspecified atom stereocenters. The summed E-state index contributed by atoms with van der Waals surface area (Å²) in [6.45, 7) is 4.17. The summed E-state index contributed by atoms with van der Waals surface area (Å²) in [4.78, 5) is 13.1. The summed E-state index contributed by atoms with van der Waals surface area (Å²) in [6, 6.07) is 6.28. The van der Waals surface area contributed by atoms with Crippen LogP contribution in [0.1, 0.15) is 19.4 Å². The van der Waals surface area contributed by atoms with E-state index in [1.807, 2.05) is 13.8 Å². The summed E-state index contributed by atoms with van der Waals surface area (Å²) < 4.78 is 18.1. The molecule has 1 amide bonds. The number of ether oxygens (including phenoxy) is 1. The molecule has 1 aliphatic heterocycles. The Morgan fingerprint density at radius 1 is 1.44 bits per heavy atom. The number of halogens is 1. The highest BCUT2D eigenvalue weighted by molar-refractivity contribution is 5.70. The van der Waals surface area contributed by atoms with Crippen LogP contribution in [0.25, 0.3) is 0 Å². The van der Waals surface area contributed by atoms with Crippen LogP contribution in [0.15, 0.2) is 24.3 Å². The minimum absolute atomic E-state index is 0.0239. The van der Waals surface area contributed by atoms with Crippen molar-refractivity contribution in [2.45, 2.75) is 32.5 Å². The van der Waals surface area contributed by atoms with Gasteiger partial charge >= 0.3 is 6.09 Å². The Labute approximate surface area is 93.8 Å². The summed E-state index contributed by atoms with van der Waals surface area (Å²) in [6.07, 6.45) is -0.440. The summed E-state index contributed by atoms with van der Waals surface area (Å²) in [5.41, 5.74) is 0.776. The Morgan fingerprint density at radius 3 is 2.75 bits per heavy atom. The predicted molar refractivity (Wildman–Crippen MR) is 57.3 cm³/mol. The van der Waals surface area contributed by atoms with Gasteiger partial charge in [-0.1, -0.05) is 12.1 Å². The van der Waals surface area contributed by atoms with Crippen LogP contribution in [0, 0.1) is 5.82 Å². The van der Waals surface area contributed by atoms with Gasteiger partial charge in [-0.2, -0.15) is 0 Å². The van der Waals surface area contributed by atoms with Crippen molar-refractivity contribution in [2.24, 2.45) is 0 Å². The molecule has 1 aromatic carbocycles. The van der Waals surface area contributed by atoms with Crippen LogP contribution < -0.4 is 0 Å². The van der Waals surface area contributed by atoms with Crippen molar-refractivity contribution < 1.29 is 13.9 Å². The molecule has 16 heavy (non-hydrogen) atoms. The monoisotopic (exact) mass is 223 g/mol. The van der Waals surface area contributed by atoms with Gasteiger partial charge in [-0.05, 0) is 31.5 Å². The first kappa shape index (κ1) is 10.9. The third-order valence-corrected chi connectivity index (χ3v) is 2.93. The summed E-state index contributed by atoms with van der Waals surface area (Å²) in [7, 11) is 0. The lowest BCUT2D eigenvalue weighted by atomic mass is 10.1. The fourth-order valence-corrected chi connectivity index (χ4v) is 1.79. The Hall–Kier alpha value is -1.58. The molecule has 1 heterocycles. The van der Waals surface area contributed by atoms with E-state index >= 15 is 0 Å². The number of benzene rings is 1. The highest BCUT2D eigenvalue weighted by Gasteiger charge is 2.35. The summed E-state index contributed by atoms with van der Waals surface area (Å²) in [5.74, 6) is -0.286. The topological polar surface area (TPSA) is 29.5 Å². The molecule has 0 saturated carbocycles. The average molecular weight is 223 g/mol. The first-order valence-electron chi connectivity index (χ1n) is 5.29. The molecular weight excluding hydrogens is 209 g/mol. The van der Waals surface area contributed by atoms with Crippen molar-refractivity contribution in [1.82, 2.24) is 4.90 Å². The minimum atomic E-state index is -0.329. The molecule has 2 rings (SSSR count). The van der Waals surface area contributed by atoms with Gasteiger partial charge in [0.15, 0.2) is 0 Å². The van der Waals surface area contributed by atoms with Crippen LogP contribution >= 0.6 is 0 Å². The predicted octanol–water partition coefficient (Wildman–Crippen LogP) is 2.55. The normalized spacial score (nSPS) is 24.7.